The molecule has 2 aliphatic heterocycles. The van der Waals surface area contributed by atoms with Crippen LogP contribution in [0.25, 0.3) is 0 Å². The van der Waals surface area contributed by atoms with Gasteiger partial charge in [-0.15, -0.1) is 0 Å². The van der Waals surface area contributed by atoms with E-state index in [2.05, 4.69) is 16.3 Å². The first-order valence-electron chi connectivity index (χ1n) is 8.02. The number of anilines is 1. The third-order valence-corrected chi connectivity index (χ3v) is 7.31. The highest BCUT2D eigenvalue weighted by molar-refractivity contribution is 7.92. The smallest absolute Gasteiger partial charge is 0.154 e. The molecule has 0 saturated carbocycles. The molecule has 0 amide bonds. The number of nitrogens with one attached hydrogen (secondary N) is 1. The van der Waals surface area contributed by atoms with Gasteiger partial charge >= 0.3 is 0 Å². The molecule has 6 heteroatoms. The van der Waals surface area contributed by atoms with Gasteiger partial charge in [0, 0.05) is 42.5 Å². The van der Waals surface area contributed by atoms with Gasteiger partial charge in [-0.25, -0.2) is 8.42 Å². The van der Waals surface area contributed by atoms with E-state index in [1.54, 1.807) is 0 Å². The molecule has 122 valence electrons. The first-order chi connectivity index (χ1) is 10.6. The summed E-state index contributed by atoms with van der Waals surface area (Å²) in [5, 5.41) is 3.84. The van der Waals surface area contributed by atoms with E-state index in [4.69, 9.17) is 11.6 Å². The van der Waals surface area contributed by atoms with Crippen LogP contribution in [-0.4, -0.2) is 39.1 Å². The highest BCUT2D eigenvalue weighted by Crippen LogP contribution is 2.30. The van der Waals surface area contributed by atoms with Gasteiger partial charge < -0.3 is 10.2 Å². The minimum atomic E-state index is -2.88. The normalized spacial score (nSPS) is 24.0. The van der Waals surface area contributed by atoms with Crippen LogP contribution in [0.5, 0.6) is 0 Å². The van der Waals surface area contributed by atoms with Crippen LogP contribution in [0.15, 0.2) is 18.2 Å². The molecule has 1 N–H and O–H groups in total. The minimum Gasteiger partial charge on any atom is -0.371 e. The quantitative estimate of drug-likeness (QED) is 0.893. The maximum atomic E-state index is 11.9. The largest absolute Gasteiger partial charge is 0.371 e. The van der Waals surface area contributed by atoms with Crippen molar-refractivity contribution < 1.29 is 8.42 Å². The average molecular weight is 343 g/mol. The first kappa shape index (κ1) is 16.1. The van der Waals surface area contributed by atoms with Crippen molar-refractivity contribution in [1.82, 2.24) is 5.32 Å². The SMILES string of the molecule is O=S1(=O)CCC[C@@H]1CNCc1c(Cl)cccc1N1CCCC1. The molecule has 2 aliphatic rings. The van der Waals surface area contributed by atoms with Crippen LogP contribution in [0.1, 0.15) is 31.2 Å². The lowest BCUT2D eigenvalue weighted by atomic mass is 10.1. The van der Waals surface area contributed by atoms with Crippen molar-refractivity contribution in [2.45, 2.75) is 37.5 Å². The van der Waals surface area contributed by atoms with Crippen LogP contribution in [-0.2, 0) is 16.4 Å². The molecule has 0 unspecified atom stereocenters. The Kier molecular flexibility index (Phi) is 4.95. The standard InChI is InChI=1S/C16H23ClN2O2S/c17-15-6-3-7-16(19-8-1-2-9-19)14(15)12-18-11-13-5-4-10-22(13,20)21/h3,6-7,13,18H,1-2,4-5,8-12H2/t13-/m1/s1. The van der Waals surface area contributed by atoms with Gasteiger partial charge in [-0.3, -0.25) is 0 Å². The predicted molar refractivity (Wildman–Crippen MR) is 91.4 cm³/mol. The second kappa shape index (κ2) is 6.77. The third-order valence-electron chi connectivity index (χ3n) is 4.68. The molecule has 0 aromatic heterocycles. The van der Waals surface area contributed by atoms with Crippen molar-refractivity contribution in [2.75, 3.05) is 30.3 Å². The molecule has 0 spiro atoms. The fraction of sp³-hybridized carbons (Fsp3) is 0.625. The Morgan fingerprint density at radius 3 is 2.68 bits per heavy atom. The number of sulfone groups is 1. The third kappa shape index (κ3) is 3.42. The molecule has 2 fully saturated rings. The van der Waals surface area contributed by atoms with Crippen LogP contribution in [0.3, 0.4) is 0 Å². The average Bonchev–Trinajstić information content (AvgIpc) is 3.10. The Hall–Kier alpha value is -0.780. The van der Waals surface area contributed by atoms with Crippen LogP contribution in [0.4, 0.5) is 5.69 Å². The Morgan fingerprint density at radius 1 is 1.23 bits per heavy atom. The highest BCUT2D eigenvalue weighted by Gasteiger charge is 2.30. The molecule has 0 aliphatic carbocycles. The van der Waals surface area contributed by atoms with Crippen molar-refractivity contribution in [3.63, 3.8) is 0 Å². The van der Waals surface area contributed by atoms with Crippen molar-refractivity contribution in [3.8, 4) is 0 Å². The van der Waals surface area contributed by atoms with E-state index in [9.17, 15) is 8.42 Å². The summed E-state index contributed by atoms with van der Waals surface area (Å²) in [6, 6.07) is 6.01. The first-order valence-corrected chi connectivity index (χ1v) is 10.1. The monoisotopic (exact) mass is 342 g/mol. The van der Waals surface area contributed by atoms with Crippen molar-refractivity contribution in [2.24, 2.45) is 0 Å². The summed E-state index contributed by atoms with van der Waals surface area (Å²) in [5.74, 6) is 0.338. The molecule has 0 bridgehead atoms. The van der Waals surface area contributed by atoms with Gasteiger partial charge in [0.2, 0.25) is 0 Å². The number of halogens is 1. The summed E-state index contributed by atoms with van der Waals surface area (Å²) in [7, 11) is -2.88. The second-order valence-corrected chi connectivity index (χ2v) is 9.00. The highest BCUT2D eigenvalue weighted by atomic mass is 35.5. The minimum absolute atomic E-state index is 0.231. The van der Waals surface area contributed by atoms with Gasteiger partial charge in [0.15, 0.2) is 9.84 Å². The van der Waals surface area contributed by atoms with Gasteiger partial charge in [0.1, 0.15) is 0 Å². The Morgan fingerprint density at radius 2 is 2.00 bits per heavy atom. The van der Waals surface area contributed by atoms with Crippen molar-refractivity contribution in [3.05, 3.63) is 28.8 Å². The van der Waals surface area contributed by atoms with Gasteiger partial charge in [-0.1, -0.05) is 17.7 Å². The Bertz CT molecular complexity index is 627. The van der Waals surface area contributed by atoms with E-state index in [-0.39, 0.29) is 5.25 Å². The number of rotatable bonds is 5. The van der Waals surface area contributed by atoms with Gasteiger partial charge in [-0.05, 0) is 37.8 Å². The molecule has 2 heterocycles. The summed E-state index contributed by atoms with van der Waals surface area (Å²) < 4.78 is 23.7. The van der Waals surface area contributed by atoms with E-state index in [1.165, 1.54) is 18.5 Å². The zero-order valence-corrected chi connectivity index (χ0v) is 14.3. The van der Waals surface area contributed by atoms with Crippen LogP contribution in [0.2, 0.25) is 5.02 Å². The van der Waals surface area contributed by atoms with Crippen LogP contribution in [0, 0.1) is 0 Å². The van der Waals surface area contributed by atoms with E-state index < -0.39 is 9.84 Å². The summed E-state index contributed by atoms with van der Waals surface area (Å²) in [5.41, 5.74) is 2.27. The maximum Gasteiger partial charge on any atom is 0.154 e. The molecule has 4 nitrogen and oxygen atoms in total. The summed E-state index contributed by atoms with van der Waals surface area (Å²) in [4.78, 5) is 2.37. The summed E-state index contributed by atoms with van der Waals surface area (Å²) >= 11 is 6.37. The zero-order valence-electron chi connectivity index (χ0n) is 12.7. The molecule has 22 heavy (non-hydrogen) atoms. The molecule has 0 radical (unpaired) electrons. The van der Waals surface area contributed by atoms with Crippen LogP contribution < -0.4 is 10.2 Å². The Balaban J connectivity index is 1.67. The molecular weight excluding hydrogens is 320 g/mol. The second-order valence-electron chi connectivity index (χ2n) is 6.19. The van der Waals surface area contributed by atoms with E-state index in [1.807, 2.05) is 12.1 Å². The zero-order chi connectivity index (χ0) is 15.6. The number of benzene rings is 1. The fourth-order valence-electron chi connectivity index (χ4n) is 3.42. The van der Waals surface area contributed by atoms with Crippen LogP contribution >= 0.6 is 11.6 Å². The summed E-state index contributed by atoms with van der Waals surface area (Å²) in [6.07, 6.45) is 4.01. The molecule has 3 rings (SSSR count). The molecule has 1 atom stereocenters. The fourth-order valence-corrected chi connectivity index (χ4v) is 5.46. The van der Waals surface area contributed by atoms with Gasteiger partial charge in [0.05, 0.1) is 11.0 Å². The summed E-state index contributed by atoms with van der Waals surface area (Å²) in [6.45, 7) is 3.29. The lowest BCUT2D eigenvalue weighted by Crippen LogP contribution is -2.31. The van der Waals surface area contributed by atoms with Gasteiger partial charge in [0.25, 0.3) is 0 Å². The predicted octanol–water partition coefficient (Wildman–Crippen LogP) is 2.61. The van der Waals surface area contributed by atoms with E-state index in [0.717, 1.165) is 36.5 Å². The van der Waals surface area contributed by atoms with Gasteiger partial charge in [-0.2, -0.15) is 0 Å². The van der Waals surface area contributed by atoms with Crippen molar-refractivity contribution in [1.29, 1.82) is 0 Å². The number of hydrogen-bond acceptors (Lipinski definition) is 4. The number of hydrogen-bond donors (Lipinski definition) is 1. The van der Waals surface area contributed by atoms with E-state index >= 15 is 0 Å². The molecule has 1 aromatic carbocycles. The van der Waals surface area contributed by atoms with E-state index in [0.29, 0.717) is 18.8 Å². The maximum absolute atomic E-state index is 11.9. The lowest BCUT2D eigenvalue weighted by molar-refractivity contribution is 0.574. The lowest BCUT2D eigenvalue weighted by Gasteiger charge is -2.23. The van der Waals surface area contributed by atoms with Crippen molar-refractivity contribution >= 4 is 27.1 Å². The Labute approximate surface area is 137 Å². The topological polar surface area (TPSA) is 49.4 Å². The molecule has 2 saturated heterocycles. The number of nitrogens with zero attached hydrogens (tertiary/aromatic N) is 1. The molecular formula is C16H23ClN2O2S. The molecule has 1 aromatic rings.